The van der Waals surface area contributed by atoms with Crippen molar-refractivity contribution in [3.05, 3.63) is 11.5 Å². The van der Waals surface area contributed by atoms with Crippen LogP contribution in [0.25, 0.3) is 0 Å². The number of hydrogen-bond donors (Lipinski definition) is 1. The van der Waals surface area contributed by atoms with Gasteiger partial charge in [0.15, 0.2) is 0 Å². The molecule has 0 bridgehead atoms. The summed E-state index contributed by atoms with van der Waals surface area (Å²) >= 11 is 0. The van der Waals surface area contributed by atoms with Crippen molar-refractivity contribution in [2.24, 2.45) is 0 Å². The molecule has 0 aliphatic heterocycles. The van der Waals surface area contributed by atoms with E-state index in [0.29, 0.717) is 11.8 Å². The van der Waals surface area contributed by atoms with Gasteiger partial charge in [-0.05, 0) is 26.2 Å². The predicted octanol–water partition coefficient (Wildman–Crippen LogP) is 2.88. The average Bonchev–Trinajstić information content (AvgIpc) is 3.02. The van der Waals surface area contributed by atoms with Gasteiger partial charge in [0.05, 0.1) is 5.69 Å². The molecule has 15 heavy (non-hydrogen) atoms. The van der Waals surface area contributed by atoms with Gasteiger partial charge >= 0.3 is 0 Å². The van der Waals surface area contributed by atoms with Crippen LogP contribution in [0.15, 0.2) is 0 Å². The molecule has 1 aliphatic rings. The molecular formula is C12H21N3. The summed E-state index contributed by atoms with van der Waals surface area (Å²) in [5.41, 5.74) is 7.27. The lowest BCUT2D eigenvalue weighted by atomic mass is 10.1. The zero-order chi connectivity index (χ0) is 11.0. The molecule has 1 fully saturated rings. The second kappa shape index (κ2) is 3.87. The van der Waals surface area contributed by atoms with Gasteiger partial charge in [0.25, 0.3) is 0 Å². The van der Waals surface area contributed by atoms with Crippen molar-refractivity contribution in [1.82, 2.24) is 9.55 Å². The molecule has 0 aromatic carbocycles. The Labute approximate surface area is 91.7 Å². The summed E-state index contributed by atoms with van der Waals surface area (Å²) < 4.78 is 2.19. The SMILES string of the molecule is CCC(C)c1nc(C2CC2)n(CC)c1N. The van der Waals surface area contributed by atoms with Gasteiger partial charge < -0.3 is 10.3 Å². The Kier molecular flexibility index (Phi) is 2.72. The van der Waals surface area contributed by atoms with Crippen molar-refractivity contribution in [1.29, 1.82) is 0 Å². The molecule has 84 valence electrons. The van der Waals surface area contributed by atoms with Crippen molar-refractivity contribution < 1.29 is 0 Å². The van der Waals surface area contributed by atoms with E-state index >= 15 is 0 Å². The Balaban J connectivity index is 2.39. The molecule has 1 saturated carbocycles. The standard InChI is InChI=1S/C12H21N3/c1-4-8(3)10-11(13)15(5-2)12(14-10)9-6-7-9/h8-9H,4-7,13H2,1-3H3. The van der Waals surface area contributed by atoms with Gasteiger partial charge in [-0.3, -0.25) is 0 Å². The molecular weight excluding hydrogens is 186 g/mol. The van der Waals surface area contributed by atoms with Crippen molar-refractivity contribution in [2.75, 3.05) is 5.73 Å². The Morgan fingerprint density at radius 2 is 2.13 bits per heavy atom. The van der Waals surface area contributed by atoms with E-state index in [4.69, 9.17) is 10.7 Å². The lowest BCUT2D eigenvalue weighted by Crippen LogP contribution is -2.05. The van der Waals surface area contributed by atoms with Crippen LogP contribution in [0.5, 0.6) is 0 Å². The molecule has 1 aromatic heterocycles. The molecule has 1 atom stereocenters. The number of aromatic nitrogens is 2. The lowest BCUT2D eigenvalue weighted by Gasteiger charge is -2.07. The van der Waals surface area contributed by atoms with Gasteiger partial charge in [0, 0.05) is 18.4 Å². The highest BCUT2D eigenvalue weighted by Gasteiger charge is 2.30. The zero-order valence-electron chi connectivity index (χ0n) is 9.95. The van der Waals surface area contributed by atoms with Crippen LogP contribution in [-0.4, -0.2) is 9.55 Å². The average molecular weight is 207 g/mol. The van der Waals surface area contributed by atoms with Gasteiger partial charge in [-0.25, -0.2) is 4.98 Å². The molecule has 1 aromatic rings. The van der Waals surface area contributed by atoms with E-state index in [1.807, 2.05) is 0 Å². The van der Waals surface area contributed by atoms with Crippen molar-refractivity contribution in [3.8, 4) is 0 Å². The quantitative estimate of drug-likeness (QED) is 0.825. The minimum Gasteiger partial charge on any atom is -0.384 e. The topological polar surface area (TPSA) is 43.8 Å². The Bertz CT molecular complexity index is 350. The summed E-state index contributed by atoms with van der Waals surface area (Å²) in [5.74, 6) is 3.29. The van der Waals surface area contributed by atoms with Crippen LogP contribution < -0.4 is 5.73 Å². The van der Waals surface area contributed by atoms with Crippen molar-refractivity contribution >= 4 is 5.82 Å². The molecule has 2 rings (SSSR count). The van der Waals surface area contributed by atoms with Crippen LogP contribution in [0.4, 0.5) is 5.82 Å². The molecule has 2 N–H and O–H groups in total. The van der Waals surface area contributed by atoms with Crippen LogP contribution in [0.2, 0.25) is 0 Å². The second-order valence-electron chi connectivity index (χ2n) is 4.57. The third-order valence-electron chi connectivity index (χ3n) is 3.40. The smallest absolute Gasteiger partial charge is 0.127 e. The van der Waals surface area contributed by atoms with Gasteiger partial charge in [0.1, 0.15) is 11.6 Å². The van der Waals surface area contributed by atoms with Crippen LogP contribution >= 0.6 is 0 Å². The van der Waals surface area contributed by atoms with Crippen LogP contribution in [-0.2, 0) is 6.54 Å². The minimum atomic E-state index is 0.482. The molecule has 1 aliphatic carbocycles. The maximum atomic E-state index is 6.16. The Morgan fingerprint density at radius 3 is 2.60 bits per heavy atom. The van der Waals surface area contributed by atoms with E-state index in [0.717, 1.165) is 24.5 Å². The highest BCUT2D eigenvalue weighted by atomic mass is 15.1. The highest BCUT2D eigenvalue weighted by molar-refractivity contribution is 5.41. The molecule has 1 heterocycles. The highest BCUT2D eigenvalue weighted by Crippen LogP contribution is 2.41. The first-order valence-corrected chi connectivity index (χ1v) is 6.04. The van der Waals surface area contributed by atoms with Gasteiger partial charge in [-0.15, -0.1) is 0 Å². The summed E-state index contributed by atoms with van der Waals surface area (Å²) in [4.78, 5) is 4.75. The Morgan fingerprint density at radius 1 is 1.47 bits per heavy atom. The second-order valence-corrected chi connectivity index (χ2v) is 4.57. The molecule has 3 nitrogen and oxygen atoms in total. The molecule has 1 unspecified atom stereocenters. The number of hydrogen-bond acceptors (Lipinski definition) is 2. The maximum absolute atomic E-state index is 6.16. The van der Waals surface area contributed by atoms with Gasteiger partial charge in [0.2, 0.25) is 0 Å². The number of imidazole rings is 1. The fourth-order valence-electron chi connectivity index (χ4n) is 2.04. The van der Waals surface area contributed by atoms with Crippen LogP contribution in [0.3, 0.4) is 0 Å². The van der Waals surface area contributed by atoms with E-state index < -0.39 is 0 Å². The van der Waals surface area contributed by atoms with Crippen molar-refractivity contribution in [2.45, 2.75) is 58.4 Å². The van der Waals surface area contributed by atoms with Crippen LogP contribution in [0, 0.1) is 0 Å². The largest absolute Gasteiger partial charge is 0.384 e. The summed E-state index contributed by atoms with van der Waals surface area (Å²) in [6.07, 6.45) is 3.68. The first kappa shape index (κ1) is 10.5. The normalized spacial score (nSPS) is 18.1. The number of nitrogen functional groups attached to an aromatic ring is 1. The van der Waals surface area contributed by atoms with E-state index in [9.17, 15) is 0 Å². The van der Waals surface area contributed by atoms with E-state index in [1.54, 1.807) is 0 Å². The third kappa shape index (κ3) is 1.75. The molecule has 0 amide bonds. The monoisotopic (exact) mass is 207 g/mol. The number of nitrogens with zero attached hydrogens (tertiary/aromatic N) is 2. The van der Waals surface area contributed by atoms with Crippen molar-refractivity contribution in [3.63, 3.8) is 0 Å². The van der Waals surface area contributed by atoms with Gasteiger partial charge in [-0.1, -0.05) is 13.8 Å². The summed E-state index contributed by atoms with van der Waals surface area (Å²) in [6, 6.07) is 0. The third-order valence-corrected chi connectivity index (χ3v) is 3.40. The lowest BCUT2D eigenvalue weighted by molar-refractivity contribution is 0.707. The summed E-state index contributed by atoms with van der Waals surface area (Å²) in [5, 5.41) is 0. The van der Waals surface area contributed by atoms with E-state index in [2.05, 4.69) is 25.3 Å². The van der Waals surface area contributed by atoms with E-state index in [1.165, 1.54) is 18.7 Å². The van der Waals surface area contributed by atoms with E-state index in [-0.39, 0.29) is 0 Å². The number of nitrogens with two attached hydrogens (primary N) is 1. The number of rotatable bonds is 4. The summed E-state index contributed by atoms with van der Waals surface area (Å²) in [7, 11) is 0. The first-order chi connectivity index (χ1) is 7.19. The van der Waals surface area contributed by atoms with Crippen LogP contribution in [0.1, 0.15) is 63.4 Å². The molecule has 0 spiro atoms. The molecule has 0 radical (unpaired) electrons. The fourth-order valence-corrected chi connectivity index (χ4v) is 2.04. The fraction of sp³-hybridized carbons (Fsp3) is 0.750. The zero-order valence-corrected chi connectivity index (χ0v) is 9.95. The summed E-state index contributed by atoms with van der Waals surface area (Å²) in [6.45, 7) is 7.48. The molecule has 0 saturated heterocycles. The first-order valence-electron chi connectivity index (χ1n) is 6.04. The number of anilines is 1. The predicted molar refractivity (Wildman–Crippen MR) is 63.0 cm³/mol. The maximum Gasteiger partial charge on any atom is 0.127 e. The minimum absolute atomic E-state index is 0.482. The molecule has 3 heteroatoms. The van der Waals surface area contributed by atoms with Gasteiger partial charge in [-0.2, -0.15) is 0 Å². The Hall–Kier alpha value is -0.990.